The molecule has 0 radical (unpaired) electrons. The molecule has 1 rings (SSSR count). The maximum Gasteiger partial charge on any atom is 0.0587 e. The second-order valence-electron chi connectivity index (χ2n) is 5.91. The monoisotopic (exact) mass is 214 g/mol. The summed E-state index contributed by atoms with van der Waals surface area (Å²) in [6.07, 6.45) is 1.06. The van der Waals surface area contributed by atoms with Crippen LogP contribution in [0.4, 0.5) is 0 Å². The molecular formula is C12H26N2O. The van der Waals surface area contributed by atoms with Gasteiger partial charge in [-0.05, 0) is 27.2 Å². The number of nitrogens with one attached hydrogen (secondary N) is 1. The van der Waals surface area contributed by atoms with Crippen LogP contribution in [0.25, 0.3) is 0 Å². The largest absolute Gasteiger partial charge is 0.395 e. The lowest BCUT2D eigenvalue weighted by Crippen LogP contribution is -2.47. The van der Waals surface area contributed by atoms with Gasteiger partial charge in [-0.2, -0.15) is 0 Å². The van der Waals surface area contributed by atoms with Crippen molar-refractivity contribution in [3.63, 3.8) is 0 Å². The first-order valence-electron chi connectivity index (χ1n) is 5.98. The van der Waals surface area contributed by atoms with Gasteiger partial charge in [0.15, 0.2) is 0 Å². The van der Waals surface area contributed by atoms with E-state index in [1.54, 1.807) is 0 Å². The van der Waals surface area contributed by atoms with E-state index in [-0.39, 0.29) is 12.1 Å². The Balaban J connectivity index is 2.59. The standard InChI is InChI=1S/C12H26N2O/c1-9(2)13-10-6-11(8-15)14(7-10)12(3,4)5/h9-11,13,15H,6-8H2,1-5H3. The van der Waals surface area contributed by atoms with Gasteiger partial charge in [-0.15, -0.1) is 0 Å². The van der Waals surface area contributed by atoms with E-state index in [9.17, 15) is 5.11 Å². The van der Waals surface area contributed by atoms with E-state index >= 15 is 0 Å². The Morgan fingerprint density at radius 1 is 1.40 bits per heavy atom. The lowest BCUT2D eigenvalue weighted by atomic mass is 10.1. The first kappa shape index (κ1) is 12.9. The smallest absolute Gasteiger partial charge is 0.0587 e. The van der Waals surface area contributed by atoms with Crippen LogP contribution in [-0.2, 0) is 0 Å². The zero-order chi connectivity index (χ0) is 11.6. The molecule has 2 N–H and O–H groups in total. The van der Waals surface area contributed by atoms with Crippen LogP contribution in [0.15, 0.2) is 0 Å². The van der Waals surface area contributed by atoms with E-state index in [0.29, 0.717) is 18.1 Å². The molecule has 1 heterocycles. The van der Waals surface area contributed by atoms with E-state index in [1.165, 1.54) is 0 Å². The highest BCUT2D eigenvalue weighted by atomic mass is 16.3. The van der Waals surface area contributed by atoms with Crippen molar-refractivity contribution in [2.75, 3.05) is 13.2 Å². The maximum atomic E-state index is 9.38. The molecule has 3 nitrogen and oxygen atoms in total. The number of aliphatic hydroxyl groups excluding tert-OH is 1. The summed E-state index contributed by atoms with van der Waals surface area (Å²) >= 11 is 0. The van der Waals surface area contributed by atoms with Gasteiger partial charge in [0.25, 0.3) is 0 Å². The lowest BCUT2D eigenvalue weighted by molar-refractivity contribution is 0.0796. The minimum Gasteiger partial charge on any atom is -0.395 e. The molecule has 2 unspecified atom stereocenters. The molecule has 3 heteroatoms. The summed E-state index contributed by atoms with van der Waals surface area (Å²) in [6.45, 7) is 12.3. The van der Waals surface area contributed by atoms with Crippen molar-refractivity contribution in [1.29, 1.82) is 0 Å². The molecule has 0 aliphatic carbocycles. The number of likely N-dealkylation sites (tertiary alicyclic amines) is 1. The van der Waals surface area contributed by atoms with Crippen molar-refractivity contribution >= 4 is 0 Å². The average Bonchev–Trinajstić information content (AvgIpc) is 2.45. The summed E-state index contributed by atoms with van der Waals surface area (Å²) < 4.78 is 0. The van der Waals surface area contributed by atoms with Gasteiger partial charge in [0, 0.05) is 30.2 Å². The Kier molecular flexibility index (Phi) is 4.15. The van der Waals surface area contributed by atoms with E-state index in [1.807, 2.05) is 0 Å². The molecule has 1 aliphatic heterocycles. The van der Waals surface area contributed by atoms with Crippen molar-refractivity contribution in [2.24, 2.45) is 0 Å². The van der Waals surface area contributed by atoms with E-state index in [2.05, 4.69) is 44.8 Å². The van der Waals surface area contributed by atoms with Gasteiger partial charge in [-0.3, -0.25) is 4.90 Å². The fourth-order valence-corrected chi connectivity index (χ4v) is 2.50. The predicted octanol–water partition coefficient (Wildman–Crippen LogP) is 1.22. The van der Waals surface area contributed by atoms with Crippen molar-refractivity contribution in [3.8, 4) is 0 Å². The molecular weight excluding hydrogens is 188 g/mol. The number of rotatable bonds is 3. The van der Waals surface area contributed by atoms with Crippen LogP contribution in [0, 0.1) is 0 Å². The third kappa shape index (κ3) is 3.44. The Labute approximate surface area is 93.9 Å². The second kappa shape index (κ2) is 4.81. The average molecular weight is 214 g/mol. The number of nitrogens with zero attached hydrogens (tertiary/aromatic N) is 1. The molecule has 90 valence electrons. The van der Waals surface area contributed by atoms with Crippen LogP contribution in [0.1, 0.15) is 41.0 Å². The Morgan fingerprint density at radius 2 is 2.00 bits per heavy atom. The topological polar surface area (TPSA) is 35.5 Å². The molecule has 15 heavy (non-hydrogen) atoms. The van der Waals surface area contributed by atoms with Gasteiger partial charge in [0.05, 0.1) is 6.61 Å². The van der Waals surface area contributed by atoms with Gasteiger partial charge in [-0.25, -0.2) is 0 Å². The summed E-state index contributed by atoms with van der Waals surface area (Å²) in [5, 5.41) is 12.9. The van der Waals surface area contributed by atoms with Crippen LogP contribution >= 0.6 is 0 Å². The van der Waals surface area contributed by atoms with Gasteiger partial charge in [0.2, 0.25) is 0 Å². The molecule has 0 saturated carbocycles. The SMILES string of the molecule is CC(C)NC1CC(CO)N(C(C)(C)C)C1. The van der Waals surface area contributed by atoms with Crippen LogP contribution in [0.3, 0.4) is 0 Å². The molecule has 0 bridgehead atoms. The predicted molar refractivity (Wildman–Crippen MR) is 64.0 cm³/mol. The fraction of sp³-hybridized carbons (Fsp3) is 1.00. The summed E-state index contributed by atoms with van der Waals surface area (Å²) in [5.74, 6) is 0. The van der Waals surface area contributed by atoms with Gasteiger partial charge >= 0.3 is 0 Å². The zero-order valence-corrected chi connectivity index (χ0v) is 10.7. The van der Waals surface area contributed by atoms with Crippen molar-refractivity contribution in [3.05, 3.63) is 0 Å². The first-order valence-corrected chi connectivity index (χ1v) is 5.98. The second-order valence-corrected chi connectivity index (χ2v) is 5.91. The number of hydrogen-bond acceptors (Lipinski definition) is 3. The van der Waals surface area contributed by atoms with Crippen molar-refractivity contribution < 1.29 is 5.11 Å². The third-order valence-electron chi connectivity index (χ3n) is 3.06. The Hall–Kier alpha value is -0.120. The van der Waals surface area contributed by atoms with E-state index in [4.69, 9.17) is 0 Å². The number of hydrogen-bond donors (Lipinski definition) is 2. The summed E-state index contributed by atoms with van der Waals surface area (Å²) in [4.78, 5) is 2.41. The first-order chi connectivity index (χ1) is 6.84. The molecule has 0 amide bonds. The molecule has 0 spiro atoms. The van der Waals surface area contributed by atoms with Crippen molar-refractivity contribution in [1.82, 2.24) is 10.2 Å². The molecule has 0 aromatic carbocycles. The fourth-order valence-electron chi connectivity index (χ4n) is 2.50. The minimum atomic E-state index is 0.154. The quantitative estimate of drug-likeness (QED) is 0.741. The van der Waals surface area contributed by atoms with Gasteiger partial charge in [0.1, 0.15) is 0 Å². The molecule has 1 fully saturated rings. The zero-order valence-electron chi connectivity index (χ0n) is 10.7. The maximum absolute atomic E-state index is 9.38. The van der Waals surface area contributed by atoms with Crippen LogP contribution in [0.5, 0.6) is 0 Å². The van der Waals surface area contributed by atoms with E-state index < -0.39 is 0 Å². The summed E-state index contributed by atoms with van der Waals surface area (Å²) in [6, 6.07) is 1.37. The Bertz CT molecular complexity index is 198. The highest BCUT2D eigenvalue weighted by Gasteiger charge is 2.37. The molecule has 2 atom stereocenters. The Morgan fingerprint density at radius 3 is 2.33 bits per heavy atom. The van der Waals surface area contributed by atoms with Crippen LogP contribution in [-0.4, -0.2) is 46.8 Å². The normalized spacial score (nSPS) is 29.0. The minimum absolute atomic E-state index is 0.154. The lowest BCUT2D eigenvalue weighted by Gasteiger charge is -2.36. The summed E-state index contributed by atoms with van der Waals surface area (Å²) in [7, 11) is 0. The number of aliphatic hydroxyl groups is 1. The van der Waals surface area contributed by atoms with E-state index in [0.717, 1.165) is 13.0 Å². The van der Waals surface area contributed by atoms with Gasteiger partial charge < -0.3 is 10.4 Å². The molecule has 1 saturated heterocycles. The van der Waals surface area contributed by atoms with Gasteiger partial charge in [-0.1, -0.05) is 13.8 Å². The van der Waals surface area contributed by atoms with Crippen molar-refractivity contribution in [2.45, 2.75) is 64.7 Å². The van der Waals surface area contributed by atoms with Crippen LogP contribution in [0.2, 0.25) is 0 Å². The molecule has 1 aliphatic rings. The van der Waals surface area contributed by atoms with Crippen LogP contribution < -0.4 is 5.32 Å². The highest BCUT2D eigenvalue weighted by molar-refractivity contribution is 4.95. The third-order valence-corrected chi connectivity index (χ3v) is 3.06. The highest BCUT2D eigenvalue weighted by Crippen LogP contribution is 2.26. The molecule has 0 aromatic rings. The summed E-state index contributed by atoms with van der Waals surface area (Å²) in [5.41, 5.74) is 0.154. The molecule has 0 aromatic heterocycles.